The molecule has 0 aliphatic rings. The van der Waals surface area contributed by atoms with Crippen LogP contribution in [0.4, 0.5) is 0 Å². The van der Waals surface area contributed by atoms with Crippen LogP contribution in [0.3, 0.4) is 0 Å². The molecule has 5 aromatic heterocycles. The summed E-state index contributed by atoms with van der Waals surface area (Å²) in [5, 5.41) is 3.59. The van der Waals surface area contributed by atoms with Crippen LogP contribution in [0.5, 0.6) is 0 Å². The average Bonchev–Trinajstić information content (AvgIpc) is 3.99. The minimum Gasteiger partial charge on any atom is -0.308 e. The van der Waals surface area contributed by atoms with E-state index in [2.05, 4.69) is 160 Å². The maximum atomic E-state index is 4.90. The Kier molecular flexibility index (Phi) is 7.07. The zero-order chi connectivity index (χ0) is 36.3. The van der Waals surface area contributed by atoms with Crippen molar-refractivity contribution in [3.8, 4) is 61.7 Å². The molecular weight excluding hydrogens is 673 g/mol. The lowest BCUT2D eigenvalue weighted by Crippen LogP contribution is -1.98. The number of hydrogen-bond donors (Lipinski definition) is 0. The maximum Gasteiger partial charge on any atom is 0.234 e. The summed E-state index contributed by atoms with van der Waals surface area (Å²) in [7, 11) is 0. The van der Waals surface area contributed by atoms with Crippen molar-refractivity contribution in [2.45, 2.75) is 0 Å². The third kappa shape index (κ3) is 5.15. The predicted molar refractivity (Wildman–Crippen MR) is 223 cm³/mol. The van der Waals surface area contributed by atoms with Gasteiger partial charge in [-0.15, -0.1) is 0 Å². The van der Waals surface area contributed by atoms with Crippen LogP contribution >= 0.6 is 0 Å². The number of nitrogens with zero attached hydrogens (tertiary/aromatic N) is 6. The van der Waals surface area contributed by atoms with Crippen LogP contribution in [0, 0.1) is 0 Å². The van der Waals surface area contributed by atoms with E-state index in [1.54, 1.807) is 6.20 Å². The van der Waals surface area contributed by atoms with Crippen molar-refractivity contribution in [2.75, 3.05) is 0 Å². The first-order valence-corrected chi connectivity index (χ1v) is 18.4. The Balaban J connectivity index is 1.13. The Morgan fingerprint density at radius 3 is 1.84 bits per heavy atom. The lowest BCUT2D eigenvalue weighted by Gasteiger charge is -2.15. The molecule has 11 aromatic rings. The van der Waals surface area contributed by atoms with Crippen LogP contribution in [0.25, 0.3) is 94.8 Å². The van der Waals surface area contributed by atoms with E-state index in [1.807, 2.05) is 47.3 Å². The number of benzene rings is 6. The van der Waals surface area contributed by atoms with Crippen molar-refractivity contribution in [1.82, 2.24) is 28.3 Å². The molecule has 5 heterocycles. The van der Waals surface area contributed by atoms with Crippen molar-refractivity contribution < 1.29 is 0 Å². The van der Waals surface area contributed by atoms with Crippen LogP contribution in [0.15, 0.2) is 195 Å². The smallest absolute Gasteiger partial charge is 0.234 e. The normalized spacial score (nSPS) is 11.6. The first-order chi connectivity index (χ1) is 27.3. The van der Waals surface area contributed by atoms with Gasteiger partial charge in [-0.3, -0.25) is 4.40 Å². The van der Waals surface area contributed by atoms with E-state index in [4.69, 9.17) is 9.97 Å². The number of pyridine rings is 1. The lowest BCUT2D eigenvalue weighted by atomic mass is 9.94. The van der Waals surface area contributed by atoms with Gasteiger partial charge in [0.25, 0.3) is 0 Å². The summed E-state index contributed by atoms with van der Waals surface area (Å²) in [6.45, 7) is 0. The summed E-state index contributed by atoms with van der Waals surface area (Å²) in [6, 6.07) is 58.4. The predicted octanol–water partition coefficient (Wildman–Crippen LogP) is 11.8. The van der Waals surface area contributed by atoms with Gasteiger partial charge in [-0.2, -0.15) is 0 Å². The fourth-order valence-electron chi connectivity index (χ4n) is 8.06. The van der Waals surface area contributed by atoms with Crippen LogP contribution in [0.1, 0.15) is 0 Å². The molecule has 11 rings (SSSR count). The topological polar surface area (TPSA) is 52.4 Å². The molecule has 6 aromatic carbocycles. The van der Waals surface area contributed by atoms with E-state index in [0.717, 1.165) is 50.7 Å². The van der Waals surface area contributed by atoms with Crippen molar-refractivity contribution in [3.63, 3.8) is 0 Å². The average molecular weight is 705 g/mol. The molecule has 0 saturated heterocycles. The largest absolute Gasteiger partial charge is 0.308 e. The van der Waals surface area contributed by atoms with E-state index in [0.29, 0.717) is 5.78 Å². The third-order valence-corrected chi connectivity index (χ3v) is 10.6. The van der Waals surface area contributed by atoms with Crippen LogP contribution in [-0.4, -0.2) is 28.3 Å². The summed E-state index contributed by atoms with van der Waals surface area (Å²) in [6.07, 6.45) is 9.90. The van der Waals surface area contributed by atoms with Gasteiger partial charge in [0.2, 0.25) is 5.78 Å². The first kappa shape index (κ1) is 31.0. The minimum atomic E-state index is 0.692. The molecule has 0 saturated carbocycles. The molecule has 6 heteroatoms. The monoisotopic (exact) mass is 704 g/mol. The van der Waals surface area contributed by atoms with E-state index >= 15 is 0 Å². The number of fused-ring (bicyclic) bond motifs is 5. The standard InChI is InChI=1S/C49H32N6/c1-3-11-36(12-4-1)46-42-27-26-40-39(33-18-20-34(21-19-33)44-32-54-30-10-28-50-49(54)52-44)15-9-16-41(40)48(42)55(47(46)37-13-5-2-6-14-37)38-24-22-35(23-25-38)43-31-53-29-8-7-17-45(53)51-43/h1-32H. The van der Waals surface area contributed by atoms with Crippen LogP contribution in [-0.2, 0) is 0 Å². The van der Waals surface area contributed by atoms with Crippen LogP contribution in [0.2, 0.25) is 0 Å². The van der Waals surface area contributed by atoms with Crippen LogP contribution < -0.4 is 0 Å². The minimum absolute atomic E-state index is 0.692. The number of aromatic nitrogens is 6. The fraction of sp³-hybridized carbons (Fsp3) is 0. The Bertz CT molecular complexity index is 3110. The molecule has 0 fully saturated rings. The van der Waals surface area contributed by atoms with Crippen molar-refractivity contribution in [3.05, 3.63) is 195 Å². The highest BCUT2D eigenvalue weighted by molar-refractivity contribution is 6.18. The lowest BCUT2D eigenvalue weighted by molar-refractivity contribution is 1.11. The maximum absolute atomic E-state index is 4.90. The Labute approximate surface area is 316 Å². The zero-order valence-electron chi connectivity index (χ0n) is 29.7. The molecule has 0 atom stereocenters. The van der Waals surface area contributed by atoms with E-state index < -0.39 is 0 Å². The highest BCUT2D eigenvalue weighted by Crippen LogP contribution is 2.46. The summed E-state index contributed by atoms with van der Waals surface area (Å²) < 4.78 is 6.48. The van der Waals surface area contributed by atoms with Gasteiger partial charge in [-0.1, -0.05) is 133 Å². The Morgan fingerprint density at radius 2 is 1.07 bits per heavy atom. The molecule has 0 bridgehead atoms. The van der Waals surface area contributed by atoms with Crippen molar-refractivity contribution >= 4 is 33.1 Å². The summed E-state index contributed by atoms with van der Waals surface area (Å²) in [5.41, 5.74) is 14.2. The van der Waals surface area contributed by atoms with Crippen molar-refractivity contribution in [2.24, 2.45) is 0 Å². The highest BCUT2D eigenvalue weighted by atomic mass is 15.1. The van der Waals surface area contributed by atoms with E-state index in [1.165, 1.54) is 38.4 Å². The van der Waals surface area contributed by atoms with Gasteiger partial charge in [0.15, 0.2) is 0 Å². The summed E-state index contributed by atoms with van der Waals surface area (Å²) in [4.78, 5) is 14.0. The molecule has 258 valence electrons. The van der Waals surface area contributed by atoms with Gasteiger partial charge in [-0.25, -0.2) is 15.0 Å². The molecule has 0 radical (unpaired) electrons. The fourth-order valence-corrected chi connectivity index (χ4v) is 8.06. The third-order valence-electron chi connectivity index (χ3n) is 10.6. The summed E-state index contributed by atoms with van der Waals surface area (Å²) in [5.74, 6) is 0.692. The van der Waals surface area contributed by atoms with Gasteiger partial charge in [-0.05, 0) is 58.0 Å². The molecule has 6 nitrogen and oxygen atoms in total. The number of rotatable bonds is 6. The van der Waals surface area contributed by atoms with Gasteiger partial charge >= 0.3 is 0 Å². The second-order valence-electron chi connectivity index (χ2n) is 13.8. The first-order valence-electron chi connectivity index (χ1n) is 18.4. The van der Waals surface area contributed by atoms with Gasteiger partial charge in [0.05, 0.1) is 22.6 Å². The van der Waals surface area contributed by atoms with Gasteiger partial charge in [0, 0.05) is 64.1 Å². The molecular formula is C49H32N6. The second kappa shape index (κ2) is 12.5. The molecule has 0 spiro atoms. The molecule has 0 amide bonds. The molecule has 0 unspecified atom stereocenters. The SMILES string of the molecule is c1ccc(-c2c(-c3ccccc3)n(-c3ccc(-c4cn5ccccc5n4)cc3)c3c2ccc2c(-c4ccc(-c5cn6cccnc6n5)cc4)cccc23)cc1. The zero-order valence-corrected chi connectivity index (χ0v) is 29.7. The molecule has 55 heavy (non-hydrogen) atoms. The summed E-state index contributed by atoms with van der Waals surface area (Å²) >= 11 is 0. The molecule has 0 N–H and O–H groups in total. The second-order valence-corrected chi connectivity index (χ2v) is 13.8. The Hall–Kier alpha value is -7.57. The van der Waals surface area contributed by atoms with Gasteiger partial charge in [0.1, 0.15) is 5.65 Å². The molecule has 0 aliphatic heterocycles. The number of imidazole rings is 2. The van der Waals surface area contributed by atoms with E-state index in [-0.39, 0.29) is 0 Å². The quantitative estimate of drug-likeness (QED) is 0.173. The van der Waals surface area contributed by atoms with Gasteiger partial charge < -0.3 is 8.97 Å². The Morgan fingerprint density at radius 1 is 0.418 bits per heavy atom. The van der Waals surface area contributed by atoms with E-state index in [9.17, 15) is 0 Å². The number of hydrogen-bond acceptors (Lipinski definition) is 3. The molecule has 0 aliphatic carbocycles. The van der Waals surface area contributed by atoms with Crippen molar-refractivity contribution in [1.29, 1.82) is 0 Å². The highest BCUT2D eigenvalue weighted by Gasteiger charge is 2.24.